The fourth-order valence-corrected chi connectivity index (χ4v) is 1.54. The van der Waals surface area contributed by atoms with Crippen molar-refractivity contribution in [2.75, 3.05) is 38.5 Å². The fraction of sp³-hybridized carbons (Fsp3) is 0.500. The number of anilines is 1. The van der Waals surface area contributed by atoms with Crippen molar-refractivity contribution in [1.82, 2.24) is 10.2 Å². The van der Waals surface area contributed by atoms with E-state index in [1.165, 1.54) is 0 Å². The zero-order valence-corrected chi connectivity index (χ0v) is 11.5. The second-order valence-electron chi connectivity index (χ2n) is 4.44. The number of para-hydroxylation sites is 1. The van der Waals surface area contributed by atoms with E-state index in [4.69, 9.17) is 0 Å². The van der Waals surface area contributed by atoms with Crippen molar-refractivity contribution in [3.8, 4) is 0 Å². The molecule has 0 unspecified atom stereocenters. The number of nitrogens with zero attached hydrogens (tertiary/aromatic N) is 1. The minimum atomic E-state index is 0.00320. The molecule has 0 saturated heterocycles. The van der Waals surface area contributed by atoms with Crippen LogP contribution in [-0.2, 0) is 4.79 Å². The Bertz CT molecular complexity index is 379. The summed E-state index contributed by atoms with van der Waals surface area (Å²) < 4.78 is 0. The molecule has 0 fully saturated rings. The van der Waals surface area contributed by atoms with Gasteiger partial charge in [-0.3, -0.25) is 4.79 Å². The Balaban J connectivity index is 2.24. The predicted octanol–water partition coefficient (Wildman–Crippen LogP) is 1.47. The first-order chi connectivity index (χ1) is 8.63. The number of amides is 1. The molecule has 0 atom stereocenters. The SMILES string of the molecule is CCN(C)CCNCC(=O)Nc1ccccc1C. The standard InChI is InChI=1S/C14H23N3O/c1-4-17(3)10-9-15-11-14(18)16-13-8-6-5-7-12(13)2/h5-8,15H,4,9-11H2,1-3H3,(H,16,18). The highest BCUT2D eigenvalue weighted by Gasteiger charge is 2.03. The lowest BCUT2D eigenvalue weighted by Gasteiger charge is -2.14. The van der Waals surface area contributed by atoms with Gasteiger partial charge in [0, 0.05) is 18.8 Å². The molecule has 1 aromatic carbocycles. The van der Waals surface area contributed by atoms with Crippen molar-refractivity contribution in [1.29, 1.82) is 0 Å². The summed E-state index contributed by atoms with van der Waals surface area (Å²) in [6.45, 7) is 7.26. The van der Waals surface area contributed by atoms with Gasteiger partial charge in [0.1, 0.15) is 0 Å². The highest BCUT2D eigenvalue weighted by molar-refractivity contribution is 5.92. The fourth-order valence-electron chi connectivity index (χ4n) is 1.54. The molecule has 0 aliphatic rings. The van der Waals surface area contributed by atoms with Crippen molar-refractivity contribution in [3.63, 3.8) is 0 Å². The van der Waals surface area contributed by atoms with E-state index in [0.717, 1.165) is 30.9 Å². The molecule has 18 heavy (non-hydrogen) atoms. The highest BCUT2D eigenvalue weighted by Crippen LogP contribution is 2.12. The van der Waals surface area contributed by atoms with Crippen LogP contribution in [0.5, 0.6) is 0 Å². The summed E-state index contributed by atoms with van der Waals surface area (Å²) in [5, 5.41) is 6.03. The Kier molecular flexibility index (Phi) is 6.39. The largest absolute Gasteiger partial charge is 0.325 e. The van der Waals surface area contributed by atoms with Gasteiger partial charge >= 0.3 is 0 Å². The Labute approximate surface area is 109 Å². The number of benzene rings is 1. The van der Waals surface area contributed by atoms with Crippen LogP contribution in [0.15, 0.2) is 24.3 Å². The van der Waals surface area contributed by atoms with E-state index < -0.39 is 0 Å². The van der Waals surface area contributed by atoms with Crippen LogP contribution in [0.25, 0.3) is 0 Å². The second-order valence-corrected chi connectivity index (χ2v) is 4.44. The van der Waals surface area contributed by atoms with Crippen molar-refractivity contribution in [2.24, 2.45) is 0 Å². The minimum absolute atomic E-state index is 0.00320. The van der Waals surface area contributed by atoms with Gasteiger partial charge in [-0.15, -0.1) is 0 Å². The summed E-state index contributed by atoms with van der Waals surface area (Å²) in [6.07, 6.45) is 0. The van der Waals surface area contributed by atoms with E-state index >= 15 is 0 Å². The van der Waals surface area contributed by atoms with Crippen LogP contribution < -0.4 is 10.6 Å². The van der Waals surface area contributed by atoms with Gasteiger partial charge in [-0.1, -0.05) is 25.1 Å². The van der Waals surface area contributed by atoms with E-state index in [-0.39, 0.29) is 5.91 Å². The molecule has 0 spiro atoms. The van der Waals surface area contributed by atoms with Gasteiger partial charge in [0.15, 0.2) is 0 Å². The molecule has 1 amide bonds. The lowest BCUT2D eigenvalue weighted by Crippen LogP contribution is -2.34. The molecule has 0 saturated carbocycles. The Hall–Kier alpha value is -1.39. The smallest absolute Gasteiger partial charge is 0.238 e. The Morgan fingerprint density at radius 2 is 2.06 bits per heavy atom. The summed E-state index contributed by atoms with van der Waals surface area (Å²) in [6, 6.07) is 7.79. The van der Waals surface area contributed by atoms with Gasteiger partial charge in [0.05, 0.1) is 6.54 Å². The monoisotopic (exact) mass is 249 g/mol. The molecular formula is C14H23N3O. The van der Waals surface area contributed by atoms with E-state index in [0.29, 0.717) is 6.54 Å². The topological polar surface area (TPSA) is 44.4 Å². The van der Waals surface area contributed by atoms with Crippen molar-refractivity contribution in [2.45, 2.75) is 13.8 Å². The van der Waals surface area contributed by atoms with E-state index in [9.17, 15) is 4.79 Å². The zero-order chi connectivity index (χ0) is 13.4. The molecule has 1 rings (SSSR count). The van der Waals surface area contributed by atoms with E-state index in [1.807, 2.05) is 31.2 Å². The molecule has 4 nitrogen and oxygen atoms in total. The lowest BCUT2D eigenvalue weighted by atomic mass is 10.2. The van der Waals surface area contributed by atoms with Gasteiger partial charge in [0.25, 0.3) is 0 Å². The first-order valence-electron chi connectivity index (χ1n) is 6.38. The number of likely N-dealkylation sites (N-methyl/N-ethyl adjacent to an activating group) is 1. The molecule has 0 bridgehead atoms. The maximum Gasteiger partial charge on any atom is 0.238 e. The number of nitrogens with one attached hydrogen (secondary N) is 2. The third-order valence-electron chi connectivity index (χ3n) is 2.91. The van der Waals surface area contributed by atoms with Crippen LogP contribution in [0.3, 0.4) is 0 Å². The number of aryl methyl sites for hydroxylation is 1. The van der Waals surface area contributed by atoms with Gasteiger partial charge in [-0.2, -0.15) is 0 Å². The molecule has 0 aliphatic carbocycles. The molecule has 0 radical (unpaired) electrons. The third-order valence-corrected chi connectivity index (χ3v) is 2.91. The number of rotatable bonds is 7. The van der Waals surface area contributed by atoms with Crippen LogP contribution in [0.1, 0.15) is 12.5 Å². The molecular weight excluding hydrogens is 226 g/mol. The summed E-state index contributed by atoms with van der Waals surface area (Å²) in [5.74, 6) is 0.00320. The maximum atomic E-state index is 11.7. The molecule has 4 heteroatoms. The molecule has 1 aromatic rings. The maximum absolute atomic E-state index is 11.7. The normalized spacial score (nSPS) is 10.7. The van der Waals surface area contributed by atoms with Crippen LogP contribution in [-0.4, -0.2) is 44.0 Å². The first kappa shape index (κ1) is 14.7. The molecule has 0 aliphatic heterocycles. The second kappa shape index (κ2) is 7.84. The predicted molar refractivity (Wildman–Crippen MR) is 75.8 cm³/mol. The number of hydrogen-bond donors (Lipinski definition) is 2. The van der Waals surface area contributed by atoms with Crippen molar-refractivity contribution < 1.29 is 4.79 Å². The van der Waals surface area contributed by atoms with Gasteiger partial charge < -0.3 is 15.5 Å². The van der Waals surface area contributed by atoms with Crippen LogP contribution in [0.4, 0.5) is 5.69 Å². The summed E-state index contributed by atoms with van der Waals surface area (Å²) in [7, 11) is 2.06. The quantitative estimate of drug-likeness (QED) is 0.719. The highest BCUT2D eigenvalue weighted by atomic mass is 16.1. The average molecular weight is 249 g/mol. The third kappa shape index (κ3) is 5.29. The molecule has 0 aromatic heterocycles. The van der Waals surface area contributed by atoms with Gasteiger partial charge in [0.2, 0.25) is 5.91 Å². The Morgan fingerprint density at radius 1 is 1.33 bits per heavy atom. The molecule has 0 heterocycles. The van der Waals surface area contributed by atoms with Crippen LogP contribution in [0.2, 0.25) is 0 Å². The van der Waals surface area contributed by atoms with Gasteiger partial charge in [-0.05, 0) is 32.1 Å². The van der Waals surface area contributed by atoms with Gasteiger partial charge in [-0.25, -0.2) is 0 Å². The lowest BCUT2D eigenvalue weighted by molar-refractivity contribution is -0.115. The summed E-state index contributed by atoms with van der Waals surface area (Å²) in [4.78, 5) is 13.9. The summed E-state index contributed by atoms with van der Waals surface area (Å²) in [5.41, 5.74) is 1.96. The van der Waals surface area contributed by atoms with E-state index in [1.54, 1.807) is 0 Å². The molecule has 100 valence electrons. The number of carbonyl (C=O) groups is 1. The number of carbonyl (C=O) groups excluding carboxylic acids is 1. The van der Waals surface area contributed by atoms with Crippen LogP contribution in [0, 0.1) is 6.92 Å². The average Bonchev–Trinajstić information content (AvgIpc) is 2.37. The molecule has 2 N–H and O–H groups in total. The summed E-state index contributed by atoms with van der Waals surface area (Å²) >= 11 is 0. The van der Waals surface area contributed by atoms with Crippen molar-refractivity contribution in [3.05, 3.63) is 29.8 Å². The number of hydrogen-bond acceptors (Lipinski definition) is 3. The Morgan fingerprint density at radius 3 is 2.72 bits per heavy atom. The van der Waals surface area contributed by atoms with Crippen molar-refractivity contribution >= 4 is 11.6 Å². The minimum Gasteiger partial charge on any atom is -0.325 e. The first-order valence-corrected chi connectivity index (χ1v) is 6.38. The zero-order valence-electron chi connectivity index (χ0n) is 11.5. The van der Waals surface area contributed by atoms with Crippen LogP contribution >= 0.6 is 0 Å². The van der Waals surface area contributed by atoms with E-state index in [2.05, 4.69) is 29.5 Å².